The fourth-order valence-corrected chi connectivity index (χ4v) is 7.23. The lowest BCUT2D eigenvalue weighted by Gasteiger charge is -2.27. The Bertz CT molecular complexity index is 1670. The molecule has 1 amide bonds. The number of H-pyrrole nitrogens is 1. The van der Waals surface area contributed by atoms with E-state index in [1.165, 1.54) is 17.1 Å². The number of hydrogen-bond acceptors (Lipinski definition) is 8. The van der Waals surface area contributed by atoms with Crippen LogP contribution in [0.2, 0.25) is 0 Å². The number of rotatable bonds is 10. The Balaban J connectivity index is 1.06. The number of thioether (sulfide) groups is 1. The third-order valence-electron chi connectivity index (χ3n) is 7.24. The third kappa shape index (κ3) is 6.45. The fourth-order valence-electron chi connectivity index (χ4n) is 5.01. The number of carboxylic acids is 1. The van der Waals surface area contributed by atoms with E-state index in [0.29, 0.717) is 54.3 Å². The number of aromatic nitrogens is 1. The molecule has 2 aliphatic rings. The predicted octanol–water partition coefficient (Wildman–Crippen LogP) is 6.10. The molecule has 2 aromatic heterocycles. The summed E-state index contributed by atoms with van der Waals surface area (Å²) >= 11 is 8.46. The van der Waals surface area contributed by atoms with Gasteiger partial charge in [0.2, 0.25) is 0 Å². The lowest BCUT2D eigenvalue weighted by Crippen LogP contribution is -2.35. The van der Waals surface area contributed by atoms with Crippen molar-refractivity contribution >= 4 is 68.5 Å². The summed E-state index contributed by atoms with van der Waals surface area (Å²) in [5.41, 5.74) is 4.39. The summed E-state index contributed by atoms with van der Waals surface area (Å²) in [5.74, 6) is -0.406. The fraction of sp³-hybridized carbons (Fsp3) is 0.258. The van der Waals surface area contributed by atoms with Gasteiger partial charge in [0.05, 0.1) is 30.3 Å². The molecule has 0 atom stereocenters. The molecule has 4 heterocycles. The molecule has 11 heteroatoms. The van der Waals surface area contributed by atoms with Gasteiger partial charge in [0.25, 0.3) is 5.91 Å². The number of nitrogens with zero attached hydrogens (tertiary/aromatic N) is 2. The van der Waals surface area contributed by atoms with Crippen molar-refractivity contribution in [1.82, 2.24) is 14.8 Å². The Kier molecular flexibility index (Phi) is 8.73. The minimum atomic E-state index is -0.968. The standard InChI is InChI=1S/C31H29N3O5S3/c35-29-28(17-25-15-24(19-41-25)21-3-2-20-6-7-32-26(20)16-21)42-31(40)34(29)8-1-11-39-27-5-4-22(30(36)37)14-23(27)18-33-9-12-38-13-10-33/h2-7,14-17,19,32H,1,8-13,18H2,(H,36,37). The van der Waals surface area contributed by atoms with Gasteiger partial charge >= 0.3 is 5.97 Å². The number of carboxylic acid groups (broad SMARTS) is 1. The number of morpholine rings is 1. The molecular formula is C31H29N3O5S3. The van der Waals surface area contributed by atoms with Gasteiger partial charge in [-0.15, -0.1) is 11.3 Å². The number of thiocarbonyl (C=S) groups is 1. The SMILES string of the molecule is O=C(O)c1ccc(OCCCN2C(=O)C(=Cc3cc(-c4ccc5cc[nH]c5c4)cs3)SC2=S)c(CN2CCOCC2)c1. The van der Waals surface area contributed by atoms with Crippen LogP contribution in [0.5, 0.6) is 5.75 Å². The van der Waals surface area contributed by atoms with Crippen molar-refractivity contribution in [2.45, 2.75) is 13.0 Å². The Hall–Kier alpha value is -3.48. The van der Waals surface area contributed by atoms with Crippen LogP contribution in [0, 0.1) is 0 Å². The first kappa shape index (κ1) is 28.6. The summed E-state index contributed by atoms with van der Waals surface area (Å²) in [5, 5.41) is 12.7. The molecule has 2 saturated heterocycles. The highest BCUT2D eigenvalue weighted by Crippen LogP contribution is 2.35. The number of aromatic amines is 1. The first-order valence-corrected chi connectivity index (χ1v) is 15.8. The summed E-state index contributed by atoms with van der Waals surface area (Å²) in [7, 11) is 0. The van der Waals surface area contributed by atoms with Gasteiger partial charge < -0.3 is 19.6 Å². The van der Waals surface area contributed by atoms with Crippen molar-refractivity contribution < 1.29 is 24.2 Å². The predicted molar refractivity (Wildman–Crippen MR) is 171 cm³/mol. The Morgan fingerprint density at radius 3 is 2.81 bits per heavy atom. The molecule has 2 fully saturated rings. The Morgan fingerprint density at radius 2 is 1.98 bits per heavy atom. The molecule has 0 unspecified atom stereocenters. The average Bonchev–Trinajstić information content (AvgIpc) is 3.72. The van der Waals surface area contributed by atoms with Gasteiger partial charge in [-0.3, -0.25) is 14.6 Å². The lowest BCUT2D eigenvalue weighted by atomic mass is 10.1. The van der Waals surface area contributed by atoms with Gasteiger partial charge in [0.15, 0.2) is 0 Å². The van der Waals surface area contributed by atoms with Crippen molar-refractivity contribution in [1.29, 1.82) is 0 Å². The number of aromatic carboxylic acids is 1. The van der Waals surface area contributed by atoms with E-state index in [-0.39, 0.29) is 11.5 Å². The van der Waals surface area contributed by atoms with Gasteiger partial charge in [0, 0.05) is 48.3 Å². The van der Waals surface area contributed by atoms with Crippen LogP contribution >= 0.6 is 35.3 Å². The second-order valence-corrected chi connectivity index (χ2v) is 12.7. The van der Waals surface area contributed by atoms with Crippen molar-refractivity contribution in [3.8, 4) is 16.9 Å². The molecule has 0 spiro atoms. The number of nitrogens with one attached hydrogen (secondary N) is 1. The Labute approximate surface area is 256 Å². The van der Waals surface area contributed by atoms with Crippen LogP contribution in [0.3, 0.4) is 0 Å². The molecule has 8 nitrogen and oxygen atoms in total. The number of amides is 1. The number of thiophene rings is 1. The van der Waals surface area contributed by atoms with Crippen LogP contribution in [0.4, 0.5) is 0 Å². The van der Waals surface area contributed by atoms with E-state index in [0.717, 1.165) is 40.2 Å². The summed E-state index contributed by atoms with van der Waals surface area (Å²) in [6.07, 6.45) is 4.44. The number of carbonyl (C=O) groups excluding carboxylic acids is 1. The Morgan fingerprint density at radius 1 is 1.12 bits per heavy atom. The van der Waals surface area contributed by atoms with Crippen LogP contribution in [0.25, 0.3) is 28.1 Å². The molecule has 216 valence electrons. The van der Waals surface area contributed by atoms with Crippen LogP contribution in [0.15, 0.2) is 65.0 Å². The number of carbonyl (C=O) groups is 2. The third-order valence-corrected chi connectivity index (χ3v) is 9.50. The normalized spacial score (nSPS) is 17.0. The van der Waals surface area contributed by atoms with Gasteiger partial charge in [-0.25, -0.2) is 4.79 Å². The summed E-state index contributed by atoms with van der Waals surface area (Å²) in [4.78, 5) is 33.5. The number of benzene rings is 2. The maximum absolute atomic E-state index is 13.2. The van der Waals surface area contributed by atoms with Crippen LogP contribution in [0.1, 0.15) is 27.2 Å². The molecule has 2 aliphatic heterocycles. The van der Waals surface area contributed by atoms with E-state index >= 15 is 0 Å². The minimum absolute atomic E-state index is 0.0911. The van der Waals surface area contributed by atoms with Gasteiger partial charge in [-0.05, 0) is 70.8 Å². The van der Waals surface area contributed by atoms with E-state index in [1.807, 2.05) is 12.3 Å². The molecule has 0 bridgehead atoms. The molecule has 2 aromatic carbocycles. The zero-order valence-corrected chi connectivity index (χ0v) is 25.2. The smallest absolute Gasteiger partial charge is 0.335 e. The highest BCUT2D eigenvalue weighted by molar-refractivity contribution is 8.26. The molecule has 4 aromatic rings. The second kappa shape index (κ2) is 12.8. The van der Waals surface area contributed by atoms with Crippen LogP contribution in [-0.4, -0.2) is 75.5 Å². The van der Waals surface area contributed by atoms with Crippen LogP contribution < -0.4 is 4.74 Å². The van der Waals surface area contributed by atoms with Crippen molar-refractivity contribution in [2.75, 3.05) is 39.5 Å². The van der Waals surface area contributed by atoms with Crippen molar-refractivity contribution in [3.05, 3.63) is 81.0 Å². The first-order chi connectivity index (χ1) is 20.4. The molecule has 2 N–H and O–H groups in total. The molecule has 0 saturated carbocycles. The van der Waals surface area contributed by atoms with E-state index < -0.39 is 5.97 Å². The summed E-state index contributed by atoms with van der Waals surface area (Å²) in [6, 6.07) is 15.4. The zero-order valence-electron chi connectivity index (χ0n) is 22.7. The van der Waals surface area contributed by atoms with Gasteiger partial charge in [-0.2, -0.15) is 0 Å². The quantitative estimate of drug-likeness (QED) is 0.125. The lowest BCUT2D eigenvalue weighted by molar-refractivity contribution is -0.122. The molecule has 6 rings (SSSR count). The maximum Gasteiger partial charge on any atom is 0.335 e. The van der Waals surface area contributed by atoms with Gasteiger partial charge in [0.1, 0.15) is 10.1 Å². The molecule has 0 radical (unpaired) electrons. The minimum Gasteiger partial charge on any atom is -0.493 e. The number of fused-ring (bicyclic) bond motifs is 1. The zero-order chi connectivity index (χ0) is 29.1. The van der Waals surface area contributed by atoms with Gasteiger partial charge in [-0.1, -0.05) is 36.1 Å². The summed E-state index contributed by atoms with van der Waals surface area (Å²) < 4.78 is 12.0. The largest absolute Gasteiger partial charge is 0.493 e. The highest BCUT2D eigenvalue weighted by atomic mass is 32.2. The van der Waals surface area contributed by atoms with Crippen molar-refractivity contribution in [2.24, 2.45) is 0 Å². The topological polar surface area (TPSA) is 95.1 Å². The molecule has 42 heavy (non-hydrogen) atoms. The molecular weight excluding hydrogens is 591 g/mol. The monoisotopic (exact) mass is 619 g/mol. The number of hydrogen-bond donors (Lipinski definition) is 2. The van der Waals surface area contributed by atoms with Crippen molar-refractivity contribution in [3.63, 3.8) is 0 Å². The summed E-state index contributed by atoms with van der Waals surface area (Å²) in [6.45, 7) is 4.29. The van der Waals surface area contributed by atoms with E-state index in [9.17, 15) is 14.7 Å². The molecule has 0 aliphatic carbocycles. The highest BCUT2D eigenvalue weighted by Gasteiger charge is 2.31. The van der Waals surface area contributed by atoms with Crippen LogP contribution in [-0.2, 0) is 16.1 Å². The second-order valence-electron chi connectivity index (χ2n) is 10.1. The average molecular weight is 620 g/mol. The maximum atomic E-state index is 13.2. The number of ether oxygens (including phenoxy) is 2. The van der Waals surface area contributed by atoms with E-state index in [2.05, 4.69) is 45.6 Å². The van der Waals surface area contributed by atoms with E-state index in [1.54, 1.807) is 34.4 Å². The van der Waals surface area contributed by atoms with E-state index in [4.69, 9.17) is 21.7 Å². The first-order valence-electron chi connectivity index (χ1n) is 13.7.